The number of phenolic OH excluding ortho intramolecular Hbond substituents is 1. The van der Waals surface area contributed by atoms with Crippen molar-refractivity contribution < 1.29 is 92.1 Å². The maximum absolute atomic E-state index is 14.8. The van der Waals surface area contributed by atoms with Gasteiger partial charge in [-0.05, 0) is 30.7 Å². The van der Waals surface area contributed by atoms with Crippen molar-refractivity contribution in [1.82, 2.24) is 0 Å². The number of cyclic esters (lactones) is 1. The van der Waals surface area contributed by atoms with Gasteiger partial charge in [0.2, 0.25) is 18.9 Å². The van der Waals surface area contributed by atoms with Gasteiger partial charge in [-0.3, -0.25) is 14.4 Å². The van der Waals surface area contributed by atoms with E-state index >= 15 is 0 Å². The van der Waals surface area contributed by atoms with Gasteiger partial charge in [0, 0.05) is 25.7 Å². The van der Waals surface area contributed by atoms with E-state index in [2.05, 4.69) is 6.58 Å². The zero-order valence-corrected chi connectivity index (χ0v) is 31.8. The minimum Gasteiger partial charge on any atom is -0.504 e. The molecule has 13 atom stereocenters. The average molecular weight is 829 g/mol. The van der Waals surface area contributed by atoms with Crippen molar-refractivity contribution in [3.05, 3.63) is 84.1 Å². The van der Waals surface area contributed by atoms with Crippen LogP contribution in [0.5, 0.6) is 11.5 Å². The Labute approximate surface area is 336 Å². The first-order valence-electron chi connectivity index (χ1n) is 18.6. The van der Waals surface area contributed by atoms with Crippen molar-refractivity contribution in [2.24, 2.45) is 17.8 Å². The summed E-state index contributed by atoms with van der Waals surface area (Å²) >= 11 is 0. The Morgan fingerprint density at radius 1 is 0.864 bits per heavy atom. The molecule has 2 aromatic rings. The molecule has 19 nitrogen and oxygen atoms in total. The van der Waals surface area contributed by atoms with Gasteiger partial charge >= 0.3 is 23.9 Å². The predicted octanol–water partition coefficient (Wildman–Crippen LogP) is 0.437. The second-order valence-corrected chi connectivity index (χ2v) is 14.1. The fourth-order valence-corrected chi connectivity index (χ4v) is 7.34. The van der Waals surface area contributed by atoms with Crippen molar-refractivity contribution >= 4 is 29.7 Å². The summed E-state index contributed by atoms with van der Waals surface area (Å²) in [4.78, 5) is 66.0. The quantitative estimate of drug-likeness (QED) is 0.0793. The van der Waals surface area contributed by atoms with Crippen LogP contribution in [-0.4, -0.2) is 137 Å². The monoisotopic (exact) mass is 828 g/mol. The van der Waals surface area contributed by atoms with Crippen LogP contribution in [0.3, 0.4) is 0 Å². The number of phenols is 1. The lowest BCUT2D eigenvalue weighted by atomic mass is 9.80. The van der Waals surface area contributed by atoms with Crippen LogP contribution in [-0.2, 0) is 52.3 Å². The molecule has 5 N–H and O–H groups in total. The normalized spacial score (nSPS) is 32.8. The van der Waals surface area contributed by atoms with E-state index < -0.39 is 139 Å². The second-order valence-electron chi connectivity index (χ2n) is 14.1. The summed E-state index contributed by atoms with van der Waals surface area (Å²) in [7, 11) is 0. The van der Waals surface area contributed by atoms with E-state index in [1.807, 2.05) is 0 Å². The molecule has 3 fully saturated rings. The minimum absolute atomic E-state index is 0.0552. The maximum Gasteiger partial charge on any atom is 0.338 e. The molecule has 0 aromatic heterocycles. The first kappa shape index (κ1) is 43.2. The summed E-state index contributed by atoms with van der Waals surface area (Å²) < 4.78 is 51.6. The Morgan fingerprint density at radius 2 is 1.59 bits per heavy atom. The van der Waals surface area contributed by atoms with Crippen LogP contribution in [0.2, 0.25) is 0 Å². The van der Waals surface area contributed by atoms with E-state index in [4.69, 9.17) is 42.6 Å². The smallest absolute Gasteiger partial charge is 0.338 e. The Kier molecular flexibility index (Phi) is 13.7. The highest BCUT2D eigenvalue weighted by atomic mass is 16.8. The molecule has 13 unspecified atom stereocenters. The summed E-state index contributed by atoms with van der Waals surface area (Å²) in [6.45, 7) is 4.69. The molecule has 0 saturated carbocycles. The first-order valence-corrected chi connectivity index (χ1v) is 18.6. The number of rotatable bonds is 13. The molecule has 0 aliphatic carbocycles. The molecule has 2 aromatic carbocycles. The molecule has 59 heavy (non-hydrogen) atoms. The predicted molar refractivity (Wildman–Crippen MR) is 194 cm³/mol. The highest BCUT2D eigenvalue weighted by Crippen LogP contribution is 2.42. The van der Waals surface area contributed by atoms with Gasteiger partial charge in [-0.25, -0.2) is 9.59 Å². The van der Waals surface area contributed by atoms with Gasteiger partial charge in [-0.15, -0.1) is 6.58 Å². The topological polar surface area (TPSA) is 270 Å². The highest BCUT2D eigenvalue weighted by Gasteiger charge is 2.56. The molecule has 0 amide bonds. The molecule has 6 rings (SSSR count). The molecule has 0 spiro atoms. The zero-order valence-electron chi connectivity index (χ0n) is 31.8. The summed E-state index contributed by atoms with van der Waals surface area (Å²) in [5, 5.41) is 52.1. The molecule has 318 valence electrons. The summed E-state index contributed by atoms with van der Waals surface area (Å²) in [5.41, 5.74) is -0.187. The van der Waals surface area contributed by atoms with E-state index in [-0.39, 0.29) is 17.7 Å². The number of carbonyl (C=O) groups is 5. The third-order valence-corrected chi connectivity index (χ3v) is 10.3. The number of fused-ring (bicyclic) bond motifs is 1. The largest absolute Gasteiger partial charge is 0.504 e. The maximum atomic E-state index is 14.8. The van der Waals surface area contributed by atoms with Gasteiger partial charge in [-0.2, -0.15) is 0 Å². The third-order valence-electron chi connectivity index (χ3n) is 10.3. The number of aliphatic hydroxyl groups excluding tert-OH is 4. The summed E-state index contributed by atoms with van der Waals surface area (Å²) in [6, 6.07) is 11.3. The van der Waals surface area contributed by atoms with E-state index in [0.29, 0.717) is 6.42 Å². The van der Waals surface area contributed by atoms with Crippen LogP contribution in [0.4, 0.5) is 0 Å². The van der Waals surface area contributed by atoms with Gasteiger partial charge in [-0.1, -0.05) is 30.3 Å². The van der Waals surface area contributed by atoms with Gasteiger partial charge < -0.3 is 68.2 Å². The number of hydrogen-bond donors (Lipinski definition) is 5. The van der Waals surface area contributed by atoms with Gasteiger partial charge in [0.15, 0.2) is 29.5 Å². The number of para-hydroxylation sites is 1. The SMILES string of the molecule is C=CC1C(OC2OC(COC(C)=O)C(C(=O)c3cccc(OC4OC(CO)C(O)C(O)C4O)c3O)C(OC(C)=O)C2OC(=O)c2ccccc2)OC=C2C(=O)OCCC21. The number of esters is 4. The van der Waals surface area contributed by atoms with Crippen LogP contribution in [0, 0.1) is 17.8 Å². The number of Topliss-reactive ketones (excluding diaryl/α,β-unsaturated/α-hetero) is 1. The molecule has 3 saturated heterocycles. The van der Waals surface area contributed by atoms with Crippen LogP contribution in [0.1, 0.15) is 41.0 Å². The molecular weight excluding hydrogens is 784 g/mol. The Balaban J connectivity index is 1.39. The highest BCUT2D eigenvalue weighted by molar-refractivity contribution is 6.02. The fourth-order valence-electron chi connectivity index (χ4n) is 7.34. The van der Waals surface area contributed by atoms with Crippen molar-refractivity contribution in [2.45, 2.75) is 81.9 Å². The minimum atomic E-state index is -1.88. The number of aliphatic hydroxyl groups is 4. The standard InChI is InChI=1S/C40H44O19/c1-4-21-22-13-14-51-37(50)24(22)16-53-38(21)59-40-35(58-36(49)20-9-6-5-7-10-20)34(54-19(3)43)28(27(57-40)17-52-18(2)42)30(45)23-11-8-12-25(29(23)44)55-39-33(48)32(47)31(46)26(15-41)56-39/h4-12,16,21-22,26-28,31-35,38-41,44,46-48H,1,13-15,17H2,2-3H3. The molecule has 4 heterocycles. The lowest BCUT2D eigenvalue weighted by molar-refractivity contribution is -0.328. The number of ketones is 1. The van der Waals surface area contributed by atoms with E-state index in [1.54, 1.807) is 18.2 Å². The van der Waals surface area contributed by atoms with Crippen LogP contribution < -0.4 is 4.74 Å². The van der Waals surface area contributed by atoms with Gasteiger partial charge in [0.05, 0.1) is 42.1 Å². The molecule has 4 aliphatic rings. The van der Waals surface area contributed by atoms with Crippen molar-refractivity contribution in [2.75, 3.05) is 19.8 Å². The lowest BCUT2D eigenvalue weighted by Crippen LogP contribution is -2.62. The fraction of sp³-hybridized carbons (Fsp3) is 0.475. The van der Waals surface area contributed by atoms with Gasteiger partial charge in [0.1, 0.15) is 37.1 Å². The van der Waals surface area contributed by atoms with Crippen LogP contribution >= 0.6 is 0 Å². The van der Waals surface area contributed by atoms with E-state index in [0.717, 1.165) is 13.8 Å². The molecular formula is C40H44O19. The van der Waals surface area contributed by atoms with E-state index in [9.17, 15) is 49.5 Å². The zero-order chi connectivity index (χ0) is 42.5. The first-order chi connectivity index (χ1) is 28.2. The van der Waals surface area contributed by atoms with Crippen LogP contribution in [0.25, 0.3) is 0 Å². The number of carbonyl (C=O) groups excluding carboxylic acids is 5. The second kappa shape index (κ2) is 18.7. The molecule has 19 heteroatoms. The van der Waals surface area contributed by atoms with Crippen LogP contribution in [0.15, 0.2) is 73.0 Å². The van der Waals surface area contributed by atoms with E-state index in [1.165, 1.54) is 42.7 Å². The molecule has 4 aliphatic heterocycles. The number of benzene rings is 2. The van der Waals surface area contributed by atoms with Crippen molar-refractivity contribution in [3.63, 3.8) is 0 Å². The third kappa shape index (κ3) is 9.26. The molecule has 0 radical (unpaired) electrons. The lowest BCUT2D eigenvalue weighted by Gasteiger charge is -2.46. The number of aromatic hydroxyl groups is 1. The summed E-state index contributed by atoms with van der Waals surface area (Å²) in [6.07, 6.45) is -13.5. The Hall–Kier alpha value is -5.41. The summed E-state index contributed by atoms with van der Waals surface area (Å²) in [5.74, 6) is -8.45. The number of ether oxygens (including phenoxy) is 9. The Morgan fingerprint density at radius 3 is 2.27 bits per heavy atom. The van der Waals surface area contributed by atoms with Crippen molar-refractivity contribution in [1.29, 1.82) is 0 Å². The Bertz CT molecular complexity index is 1910. The van der Waals surface area contributed by atoms with Gasteiger partial charge in [0.25, 0.3) is 0 Å². The average Bonchev–Trinajstić information content (AvgIpc) is 3.21. The number of hydrogen-bond acceptors (Lipinski definition) is 19. The molecule has 0 bridgehead atoms. The van der Waals surface area contributed by atoms with Crippen molar-refractivity contribution in [3.8, 4) is 11.5 Å².